The van der Waals surface area contributed by atoms with Gasteiger partial charge in [0.1, 0.15) is 12.6 Å². The largest absolute Gasteiger partial charge is 0.352 e. The van der Waals surface area contributed by atoms with Crippen molar-refractivity contribution in [1.82, 2.24) is 14.8 Å². The molecule has 8 nitrogen and oxygen atoms in total. The van der Waals surface area contributed by atoms with Gasteiger partial charge in [0.05, 0.1) is 16.2 Å². The molecule has 1 fully saturated rings. The molecule has 2 N–H and O–H groups in total. The number of carbonyl (C=O) groups is 4. The van der Waals surface area contributed by atoms with Crippen molar-refractivity contribution in [3.05, 3.63) is 64.1 Å². The zero-order valence-electron chi connectivity index (χ0n) is 20.3. The van der Waals surface area contributed by atoms with Crippen LogP contribution in [0.4, 0.5) is 10.1 Å². The Balaban J connectivity index is 1.55. The van der Waals surface area contributed by atoms with Gasteiger partial charge in [-0.15, -0.1) is 0 Å². The minimum Gasteiger partial charge on any atom is -0.352 e. The van der Waals surface area contributed by atoms with E-state index in [0.717, 1.165) is 0 Å². The first kappa shape index (κ1) is 25.0. The van der Waals surface area contributed by atoms with Gasteiger partial charge in [0, 0.05) is 35.8 Å². The van der Waals surface area contributed by atoms with Crippen LogP contribution in [-0.4, -0.2) is 52.1 Å². The van der Waals surface area contributed by atoms with Crippen LogP contribution in [0.1, 0.15) is 52.5 Å². The van der Waals surface area contributed by atoms with Gasteiger partial charge in [0.25, 0.3) is 5.91 Å². The molecule has 2 aliphatic heterocycles. The van der Waals surface area contributed by atoms with E-state index in [2.05, 4.69) is 10.6 Å². The van der Waals surface area contributed by atoms with Crippen LogP contribution in [0.5, 0.6) is 0 Å². The third-order valence-electron chi connectivity index (χ3n) is 6.98. The standard InChI is InChI=1S/C27H26ClFN4O4/c1-15(34)19-13-32-14-24(35)33-9-3-5-22(33)27(37)31-21-11-16(10-20(28)25(21)29)4-2-8-30-26(36)17-6-7-18(19)23(32)12-17/h6-7,10-13,22H,2-5,8-9,14H2,1H3,(H,30,36)(H,31,37)/t22-/m0/s1. The second-order valence-electron chi connectivity index (χ2n) is 9.49. The van der Waals surface area contributed by atoms with E-state index in [1.54, 1.807) is 29.0 Å². The summed E-state index contributed by atoms with van der Waals surface area (Å²) in [6.45, 7) is 2.08. The second-order valence-corrected chi connectivity index (χ2v) is 9.90. The van der Waals surface area contributed by atoms with Crippen LogP contribution in [0.2, 0.25) is 5.02 Å². The minimum absolute atomic E-state index is 0.0369. The topological polar surface area (TPSA) is 101 Å². The van der Waals surface area contributed by atoms with Gasteiger partial charge in [0.2, 0.25) is 11.8 Å². The number of nitrogens with one attached hydrogen (secondary N) is 2. The molecule has 0 spiro atoms. The summed E-state index contributed by atoms with van der Waals surface area (Å²) < 4.78 is 16.4. The molecule has 3 aromatic rings. The molecule has 0 saturated carbocycles. The Morgan fingerprint density at radius 3 is 2.73 bits per heavy atom. The van der Waals surface area contributed by atoms with Gasteiger partial charge in [-0.25, -0.2) is 4.39 Å². The predicted molar refractivity (Wildman–Crippen MR) is 137 cm³/mol. The van der Waals surface area contributed by atoms with Crippen LogP contribution in [0.15, 0.2) is 36.5 Å². The number of rotatable bonds is 1. The quantitative estimate of drug-likeness (QED) is 0.471. The SMILES string of the molecule is CC(=O)c1cn2c3cc(ccc13)C(=O)NCCCc1cc(Cl)c(F)c(c1)NC(=O)[C@@H]1CCCN1C(=O)C2. The smallest absolute Gasteiger partial charge is 0.251 e. The Morgan fingerprint density at radius 2 is 1.95 bits per heavy atom. The lowest BCUT2D eigenvalue weighted by molar-refractivity contribution is -0.137. The van der Waals surface area contributed by atoms with Crippen LogP contribution in [0, 0.1) is 5.82 Å². The summed E-state index contributed by atoms with van der Waals surface area (Å²) in [5.41, 5.74) is 2.11. The Morgan fingerprint density at radius 1 is 1.14 bits per heavy atom. The number of nitrogens with zero attached hydrogens (tertiary/aromatic N) is 2. The molecule has 2 aromatic carbocycles. The summed E-state index contributed by atoms with van der Waals surface area (Å²) in [5, 5.41) is 6.03. The summed E-state index contributed by atoms with van der Waals surface area (Å²) >= 11 is 6.09. The van der Waals surface area contributed by atoms with Crippen LogP contribution < -0.4 is 10.6 Å². The van der Waals surface area contributed by atoms with E-state index >= 15 is 0 Å². The van der Waals surface area contributed by atoms with Crippen molar-refractivity contribution in [2.45, 2.75) is 45.2 Å². The molecular weight excluding hydrogens is 499 g/mol. The van der Waals surface area contributed by atoms with Crippen molar-refractivity contribution >= 4 is 51.7 Å². The van der Waals surface area contributed by atoms with Gasteiger partial charge in [-0.2, -0.15) is 0 Å². The Kier molecular flexibility index (Phi) is 6.72. The van der Waals surface area contributed by atoms with E-state index in [1.807, 2.05) is 0 Å². The molecule has 192 valence electrons. The molecule has 1 aromatic heterocycles. The number of amides is 3. The molecule has 3 amide bonds. The predicted octanol–water partition coefficient (Wildman–Crippen LogP) is 3.94. The van der Waals surface area contributed by atoms with Crippen molar-refractivity contribution in [3.8, 4) is 0 Å². The highest BCUT2D eigenvalue weighted by Crippen LogP contribution is 2.28. The molecule has 3 heterocycles. The fourth-order valence-corrected chi connectivity index (χ4v) is 5.35. The van der Waals surface area contributed by atoms with Crippen LogP contribution in [0.25, 0.3) is 10.9 Å². The number of benzene rings is 2. The van der Waals surface area contributed by atoms with E-state index in [9.17, 15) is 23.6 Å². The number of carbonyl (C=O) groups excluding carboxylic acids is 4. The molecule has 4 bridgehead atoms. The zero-order chi connectivity index (χ0) is 26.3. The summed E-state index contributed by atoms with van der Waals surface area (Å²) in [6.07, 6.45) is 3.75. The third kappa shape index (κ3) is 4.83. The van der Waals surface area contributed by atoms with Crippen molar-refractivity contribution in [1.29, 1.82) is 0 Å². The fourth-order valence-electron chi connectivity index (χ4n) is 5.11. The molecule has 2 aliphatic rings. The number of Topliss-reactive ketones (excluding diaryl/α,β-unsaturated/α-hetero) is 1. The number of ketones is 1. The minimum atomic E-state index is -0.761. The maximum Gasteiger partial charge on any atom is 0.251 e. The normalized spacial score (nSPS) is 18.8. The van der Waals surface area contributed by atoms with Gasteiger partial charge < -0.3 is 20.1 Å². The summed E-state index contributed by atoms with van der Waals surface area (Å²) in [7, 11) is 0. The average molecular weight is 525 g/mol. The summed E-state index contributed by atoms with van der Waals surface area (Å²) in [4.78, 5) is 53.1. The Bertz CT molecular complexity index is 1450. The first-order valence-electron chi connectivity index (χ1n) is 12.2. The number of hydrogen-bond acceptors (Lipinski definition) is 4. The monoisotopic (exact) mass is 524 g/mol. The molecule has 0 unspecified atom stereocenters. The maximum absolute atomic E-state index is 14.7. The van der Waals surface area contributed by atoms with Gasteiger partial charge in [-0.05, 0) is 62.4 Å². The van der Waals surface area contributed by atoms with Gasteiger partial charge in [-0.1, -0.05) is 17.7 Å². The van der Waals surface area contributed by atoms with Gasteiger partial charge in [0.15, 0.2) is 11.6 Å². The number of halogens is 2. The number of aryl methyl sites for hydroxylation is 1. The Labute approximate surface area is 217 Å². The van der Waals surface area contributed by atoms with E-state index in [1.165, 1.54) is 24.0 Å². The molecule has 10 heteroatoms. The summed E-state index contributed by atoms with van der Waals surface area (Å²) in [6, 6.07) is 7.33. The zero-order valence-corrected chi connectivity index (χ0v) is 21.0. The van der Waals surface area contributed by atoms with E-state index in [-0.39, 0.29) is 34.9 Å². The number of hydrogen-bond donors (Lipinski definition) is 2. The molecule has 1 atom stereocenters. The lowest BCUT2D eigenvalue weighted by Crippen LogP contribution is -2.44. The van der Waals surface area contributed by atoms with Crippen molar-refractivity contribution < 1.29 is 23.6 Å². The number of aromatic nitrogens is 1. The maximum atomic E-state index is 14.7. The van der Waals surface area contributed by atoms with Crippen LogP contribution in [-0.2, 0) is 22.6 Å². The molecule has 1 saturated heterocycles. The summed E-state index contributed by atoms with van der Waals surface area (Å²) in [5.74, 6) is -1.96. The first-order valence-corrected chi connectivity index (χ1v) is 12.6. The average Bonchev–Trinajstić information content (AvgIpc) is 3.49. The Hall–Kier alpha value is -3.72. The highest BCUT2D eigenvalue weighted by Gasteiger charge is 2.35. The second kappa shape index (κ2) is 9.97. The van der Waals surface area contributed by atoms with Crippen molar-refractivity contribution in [2.75, 3.05) is 18.4 Å². The molecular formula is C27H26ClFN4O4. The van der Waals surface area contributed by atoms with E-state index in [4.69, 9.17) is 11.6 Å². The highest BCUT2D eigenvalue weighted by molar-refractivity contribution is 6.31. The lowest BCUT2D eigenvalue weighted by Gasteiger charge is -2.25. The lowest BCUT2D eigenvalue weighted by atomic mass is 10.1. The van der Waals surface area contributed by atoms with E-state index < -0.39 is 17.8 Å². The van der Waals surface area contributed by atoms with Crippen LogP contribution >= 0.6 is 11.6 Å². The van der Waals surface area contributed by atoms with Crippen molar-refractivity contribution in [2.24, 2.45) is 0 Å². The van der Waals surface area contributed by atoms with E-state index in [0.29, 0.717) is 66.4 Å². The molecule has 0 radical (unpaired) electrons. The third-order valence-corrected chi connectivity index (χ3v) is 7.25. The molecule has 0 aliphatic carbocycles. The first-order chi connectivity index (χ1) is 17.7. The number of anilines is 1. The number of fused-ring (bicyclic) bond motifs is 4. The van der Waals surface area contributed by atoms with Crippen molar-refractivity contribution in [3.63, 3.8) is 0 Å². The van der Waals surface area contributed by atoms with Crippen LogP contribution in [0.3, 0.4) is 0 Å². The molecule has 37 heavy (non-hydrogen) atoms. The highest BCUT2D eigenvalue weighted by atomic mass is 35.5. The van der Waals surface area contributed by atoms with Gasteiger partial charge in [-0.3, -0.25) is 19.2 Å². The van der Waals surface area contributed by atoms with Gasteiger partial charge >= 0.3 is 0 Å². The molecule has 5 rings (SSSR count). The fraction of sp³-hybridized carbons (Fsp3) is 0.333.